The predicted octanol–water partition coefficient (Wildman–Crippen LogP) is 15.0. The minimum atomic E-state index is -0.305. The van der Waals surface area contributed by atoms with Crippen LogP contribution in [0.4, 0.5) is 51.2 Å². The Balaban J connectivity index is 1.14. The van der Waals surface area contributed by atoms with Gasteiger partial charge in [0.15, 0.2) is 0 Å². The van der Waals surface area contributed by atoms with E-state index in [2.05, 4.69) is 243 Å². The summed E-state index contributed by atoms with van der Waals surface area (Å²) < 4.78 is 0. The summed E-state index contributed by atoms with van der Waals surface area (Å²) in [6.07, 6.45) is 0. The highest BCUT2D eigenvalue weighted by Crippen LogP contribution is 2.61. The molecular weight excluding hydrogens is 691 g/mol. The van der Waals surface area contributed by atoms with Gasteiger partial charge in [-0.15, -0.1) is 0 Å². The van der Waals surface area contributed by atoms with Gasteiger partial charge in [-0.05, 0) is 124 Å². The van der Waals surface area contributed by atoms with Crippen LogP contribution in [0.1, 0.15) is 49.9 Å². The van der Waals surface area contributed by atoms with E-state index >= 15 is 0 Å². The molecular formula is C54H45N3. The molecule has 0 radical (unpaired) electrons. The number of hydrogen-bond acceptors (Lipinski definition) is 3. The largest absolute Gasteiger partial charge is 0.311 e. The van der Waals surface area contributed by atoms with E-state index in [1.165, 1.54) is 56.1 Å². The molecule has 2 aliphatic rings. The van der Waals surface area contributed by atoms with Crippen molar-refractivity contribution in [1.29, 1.82) is 0 Å². The highest BCUT2D eigenvalue weighted by Gasteiger charge is 2.46. The Morgan fingerprint density at radius 3 is 1.21 bits per heavy atom. The van der Waals surface area contributed by atoms with Crippen molar-refractivity contribution in [2.75, 3.05) is 14.7 Å². The first kappa shape index (κ1) is 34.6. The lowest BCUT2D eigenvalue weighted by Crippen LogP contribution is -2.38. The van der Waals surface area contributed by atoms with E-state index < -0.39 is 0 Å². The monoisotopic (exact) mass is 735 g/mol. The van der Waals surface area contributed by atoms with Crippen LogP contribution in [0.3, 0.4) is 0 Å². The molecule has 0 saturated heterocycles. The van der Waals surface area contributed by atoms with E-state index in [-0.39, 0.29) is 10.8 Å². The van der Waals surface area contributed by atoms with Gasteiger partial charge in [-0.2, -0.15) is 0 Å². The second-order valence-electron chi connectivity index (χ2n) is 16.3. The van der Waals surface area contributed by atoms with Crippen molar-refractivity contribution < 1.29 is 0 Å². The Bertz CT molecular complexity index is 2640. The van der Waals surface area contributed by atoms with Gasteiger partial charge in [0, 0.05) is 45.0 Å². The second-order valence-corrected chi connectivity index (χ2v) is 16.3. The van der Waals surface area contributed by atoms with E-state index in [0.717, 1.165) is 28.4 Å². The van der Waals surface area contributed by atoms with Gasteiger partial charge in [0.05, 0.1) is 17.1 Å². The lowest BCUT2D eigenvalue weighted by atomic mass is 9.66. The maximum atomic E-state index is 2.55. The Morgan fingerprint density at radius 2 is 0.702 bits per heavy atom. The van der Waals surface area contributed by atoms with Crippen molar-refractivity contribution in [2.24, 2.45) is 0 Å². The van der Waals surface area contributed by atoms with Crippen molar-refractivity contribution >= 4 is 51.2 Å². The molecule has 2 aliphatic heterocycles. The van der Waals surface area contributed by atoms with Crippen LogP contribution in [0.15, 0.2) is 200 Å². The summed E-state index contributed by atoms with van der Waals surface area (Å²) in [5.41, 5.74) is 17.8. The first-order valence-corrected chi connectivity index (χ1v) is 19.9. The zero-order chi connectivity index (χ0) is 38.7. The summed E-state index contributed by atoms with van der Waals surface area (Å²) in [6.45, 7) is 9.61. The molecule has 0 N–H and O–H groups in total. The first-order chi connectivity index (χ1) is 27.8. The highest BCUT2D eigenvalue weighted by atomic mass is 15.2. The third-order valence-electron chi connectivity index (χ3n) is 12.2. The van der Waals surface area contributed by atoms with E-state index in [0.29, 0.717) is 0 Å². The Hall–Kier alpha value is -6.84. The zero-order valence-electron chi connectivity index (χ0n) is 32.9. The molecule has 0 aromatic heterocycles. The van der Waals surface area contributed by atoms with Crippen LogP contribution in [-0.4, -0.2) is 0 Å². The molecule has 0 unspecified atom stereocenters. The fraction of sp³-hybridized carbons (Fsp3) is 0.111. The van der Waals surface area contributed by atoms with Crippen LogP contribution < -0.4 is 14.7 Å². The Morgan fingerprint density at radius 1 is 0.316 bits per heavy atom. The quantitative estimate of drug-likeness (QED) is 0.161. The van der Waals surface area contributed by atoms with Crippen LogP contribution in [0.5, 0.6) is 0 Å². The van der Waals surface area contributed by atoms with Crippen LogP contribution in [0.25, 0.3) is 11.1 Å². The van der Waals surface area contributed by atoms with E-state index in [1.807, 2.05) is 0 Å². The lowest BCUT2D eigenvalue weighted by Gasteiger charge is -2.50. The molecule has 276 valence electrons. The molecule has 2 heterocycles. The van der Waals surface area contributed by atoms with E-state index in [4.69, 9.17) is 0 Å². The van der Waals surface area contributed by atoms with Gasteiger partial charge in [-0.3, -0.25) is 0 Å². The Kier molecular flexibility index (Phi) is 8.16. The van der Waals surface area contributed by atoms with Crippen LogP contribution >= 0.6 is 0 Å². The number of rotatable bonds is 7. The van der Waals surface area contributed by atoms with Crippen molar-refractivity contribution in [3.8, 4) is 11.1 Å². The molecule has 0 bridgehead atoms. The van der Waals surface area contributed by atoms with Gasteiger partial charge in [-0.1, -0.05) is 137 Å². The molecule has 3 heteroatoms. The van der Waals surface area contributed by atoms with Gasteiger partial charge < -0.3 is 14.7 Å². The molecule has 0 fully saturated rings. The number of fused-ring (bicyclic) bond motifs is 4. The predicted molar refractivity (Wildman–Crippen MR) is 240 cm³/mol. The number of nitrogens with zero attached hydrogens (tertiary/aromatic N) is 3. The summed E-state index contributed by atoms with van der Waals surface area (Å²) in [4.78, 5) is 7.28. The third-order valence-corrected chi connectivity index (χ3v) is 12.2. The van der Waals surface area contributed by atoms with Gasteiger partial charge in [0.2, 0.25) is 0 Å². The Labute approximate surface area is 336 Å². The van der Waals surface area contributed by atoms with Crippen molar-refractivity contribution in [3.63, 3.8) is 0 Å². The minimum Gasteiger partial charge on any atom is -0.311 e. The molecule has 57 heavy (non-hydrogen) atoms. The summed E-state index contributed by atoms with van der Waals surface area (Å²) in [5.74, 6) is 0. The number of para-hydroxylation sites is 5. The normalized spacial score (nSPS) is 14.2. The standard InChI is InChI=1S/C54H45N3/c1-53(2)46-27-17-18-28-50(46)57-51-34-31-39(38-29-32-44(33-30-38)55(40-19-9-5-10-20-40)41-21-11-6-12-22-41)35-47(51)54(3,4)49-37-45(36-48(53)52(49)57)56(42-23-13-7-14-24-42)43-25-15-8-16-26-43/h5-37H,1-4H3. The summed E-state index contributed by atoms with van der Waals surface area (Å²) in [7, 11) is 0. The van der Waals surface area contributed by atoms with Gasteiger partial charge in [-0.25, -0.2) is 0 Å². The van der Waals surface area contributed by atoms with E-state index in [1.54, 1.807) is 0 Å². The molecule has 0 atom stereocenters. The van der Waals surface area contributed by atoms with Crippen LogP contribution in [0, 0.1) is 0 Å². The molecule has 3 nitrogen and oxygen atoms in total. The average molecular weight is 736 g/mol. The van der Waals surface area contributed by atoms with Gasteiger partial charge >= 0.3 is 0 Å². The summed E-state index contributed by atoms with van der Waals surface area (Å²) >= 11 is 0. The first-order valence-electron chi connectivity index (χ1n) is 19.9. The van der Waals surface area contributed by atoms with Crippen molar-refractivity contribution in [1.82, 2.24) is 0 Å². The summed E-state index contributed by atoms with van der Waals surface area (Å²) in [5, 5.41) is 0. The topological polar surface area (TPSA) is 9.72 Å². The number of hydrogen-bond donors (Lipinski definition) is 0. The molecule has 0 saturated carbocycles. The zero-order valence-corrected chi connectivity index (χ0v) is 32.9. The van der Waals surface area contributed by atoms with Crippen LogP contribution in [0.2, 0.25) is 0 Å². The molecule has 0 amide bonds. The van der Waals surface area contributed by atoms with Gasteiger partial charge in [0.1, 0.15) is 0 Å². The van der Waals surface area contributed by atoms with Crippen molar-refractivity contribution in [3.05, 3.63) is 222 Å². The molecule has 0 aliphatic carbocycles. The molecule has 10 rings (SSSR count). The summed E-state index contributed by atoms with van der Waals surface area (Å²) in [6, 6.07) is 72.8. The number of benzene rings is 8. The molecule has 8 aromatic rings. The number of anilines is 9. The minimum absolute atomic E-state index is 0.227. The maximum Gasteiger partial charge on any atom is 0.0545 e. The fourth-order valence-corrected chi connectivity index (χ4v) is 9.22. The molecule has 8 aromatic carbocycles. The highest BCUT2D eigenvalue weighted by molar-refractivity contribution is 5.95. The van der Waals surface area contributed by atoms with Crippen LogP contribution in [-0.2, 0) is 10.8 Å². The average Bonchev–Trinajstić information content (AvgIpc) is 3.25. The van der Waals surface area contributed by atoms with Crippen molar-refractivity contribution in [2.45, 2.75) is 38.5 Å². The van der Waals surface area contributed by atoms with E-state index in [9.17, 15) is 0 Å². The SMILES string of the molecule is CC1(C)c2ccccc2N2c3ccc(-c4ccc(N(c5ccccc5)c5ccccc5)cc4)cc3C(C)(C)c3cc(N(c4ccccc4)c4ccccc4)cc1c32. The smallest absolute Gasteiger partial charge is 0.0545 e. The fourth-order valence-electron chi connectivity index (χ4n) is 9.22. The lowest BCUT2D eigenvalue weighted by molar-refractivity contribution is 0.597. The second kappa shape index (κ2) is 13.4. The maximum absolute atomic E-state index is 2.55. The molecule has 0 spiro atoms. The van der Waals surface area contributed by atoms with Gasteiger partial charge in [0.25, 0.3) is 0 Å². The third kappa shape index (κ3) is 5.65.